The number of carbonyl (C=O) groups is 1. The maximum atomic E-state index is 11.0. The van der Waals surface area contributed by atoms with Crippen LogP contribution in [0.3, 0.4) is 0 Å². The molecule has 1 amide bonds. The Labute approximate surface area is 153 Å². The largest absolute Gasteiger partial charge is 0.499 e. The van der Waals surface area contributed by atoms with Crippen molar-refractivity contribution in [1.29, 1.82) is 0 Å². The number of hydrogen-bond donors (Lipinski definition) is 2. The van der Waals surface area contributed by atoms with Gasteiger partial charge < -0.3 is 24.5 Å². The summed E-state index contributed by atoms with van der Waals surface area (Å²) >= 11 is 6.41. The Hall–Kier alpha value is -1.44. The number of halogens is 1. The molecule has 0 aliphatic carbocycles. The zero-order valence-electron chi connectivity index (χ0n) is 15.7. The summed E-state index contributed by atoms with van der Waals surface area (Å²) in [5.41, 5.74) is 1.07. The van der Waals surface area contributed by atoms with Crippen LogP contribution in [0.4, 0.5) is 4.79 Å². The van der Waals surface area contributed by atoms with E-state index in [9.17, 15) is 4.79 Å². The summed E-state index contributed by atoms with van der Waals surface area (Å²) in [5, 5.41) is 11.9. The molecular weight excluding hydrogens is 344 g/mol. The molecule has 2 N–H and O–H groups in total. The van der Waals surface area contributed by atoms with Crippen molar-refractivity contribution in [2.75, 3.05) is 7.11 Å². The zero-order chi connectivity index (χ0) is 19.2. The lowest BCUT2D eigenvalue weighted by Crippen LogP contribution is -2.41. The Morgan fingerprint density at radius 2 is 1.84 bits per heavy atom. The van der Waals surface area contributed by atoms with Crippen molar-refractivity contribution < 1.29 is 23.9 Å². The van der Waals surface area contributed by atoms with Gasteiger partial charge in [0.15, 0.2) is 0 Å². The van der Waals surface area contributed by atoms with Crippen molar-refractivity contribution in [3.63, 3.8) is 0 Å². The van der Waals surface area contributed by atoms with Crippen molar-refractivity contribution in [3.8, 4) is 5.75 Å². The summed E-state index contributed by atoms with van der Waals surface area (Å²) < 4.78 is 17.9. The standard InChI is InChI=1S/C17H25BClNO5/c1-9-12(19)8-11(10(2)20-15(21)22)14(23-7)13(9)18-24-16(3,4)17(5,6)25-18/h8,10,20H,1-7H3,(H,21,22). The summed E-state index contributed by atoms with van der Waals surface area (Å²) in [4.78, 5) is 11.0. The molecule has 1 atom stereocenters. The van der Waals surface area contributed by atoms with Crippen LogP contribution in [-0.4, -0.2) is 36.6 Å². The molecule has 6 nitrogen and oxygen atoms in total. The van der Waals surface area contributed by atoms with E-state index in [0.717, 1.165) is 5.56 Å². The molecule has 1 aromatic carbocycles. The molecule has 0 radical (unpaired) electrons. The minimum atomic E-state index is -1.12. The number of ether oxygens (including phenoxy) is 1. The van der Waals surface area contributed by atoms with E-state index >= 15 is 0 Å². The molecule has 0 aromatic heterocycles. The third-order valence-electron chi connectivity index (χ3n) is 5.05. The van der Waals surface area contributed by atoms with E-state index in [1.165, 1.54) is 7.11 Å². The van der Waals surface area contributed by atoms with Crippen LogP contribution in [0.1, 0.15) is 51.8 Å². The second-order valence-electron chi connectivity index (χ2n) is 7.28. The molecule has 1 aliphatic rings. The lowest BCUT2D eigenvalue weighted by molar-refractivity contribution is 0.00578. The third kappa shape index (κ3) is 3.59. The Morgan fingerprint density at radius 1 is 1.32 bits per heavy atom. The Bertz CT molecular complexity index is 676. The van der Waals surface area contributed by atoms with Crippen molar-refractivity contribution >= 4 is 30.3 Å². The molecule has 0 saturated carbocycles. The third-order valence-corrected chi connectivity index (χ3v) is 5.44. The molecule has 1 heterocycles. The minimum absolute atomic E-state index is 0.500. The number of hydrogen-bond acceptors (Lipinski definition) is 4. The SMILES string of the molecule is COc1c(C(C)NC(=O)O)cc(Cl)c(C)c1B1OC(C)(C)C(C)(C)O1. The summed E-state index contributed by atoms with van der Waals surface area (Å²) in [6.45, 7) is 11.5. The fourth-order valence-corrected chi connectivity index (χ4v) is 3.04. The molecule has 0 spiro atoms. The topological polar surface area (TPSA) is 77.0 Å². The highest BCUT2D eigenvalue weighted by Gasteiger charge is 2.53. The van der Waals surface area contributed by atoms with Gasteiger partial charge in [-0.15, -0.1) is 0 Å². The molecule has 8 heteroatoms. The van der Waals surface area contributed by atoms with E-state index in [-0.39, 0.29) is 0 Å². The highest BCUT2D eigenvalue weighted by Crippen LogP contribution is 2.39. The number of carboxylic acid groups (broad SMARTS) is 1. The van der Waals surface area contributed by atoms with Gasteiger partial charge in [0.25, 0.3) is 0 Å². The molecule has 1 fully saturated rings. The van der Waals surface area contributed by atoms with E-state index in [4.69, 9.17) is 30.8 Å². The summed E-state index contributed by atoms with van der Waals surface area (Å²) in [5.74, 6) is 0.515. The first kappa shape index (κ1) is 19.9. The van der Waals surface area contributed by atoms with Gasteiger partial charge in [0.1, 0.15) is 5.75 Å². The molecule has 25 heavy (non-hydrogen) atoms. The summed E-state index contributed by atoms with van der Waals surface area (Å²) in [6, 6.07) is 1.21. The molecule has 1 saturated heterocycles. The first-order valence-electron chi connectivity index (χ1n) is 8.13. The van der Waals surface area contributed by atoms with Gasteiger partial charge >= 0.3 is 13.2 Å². The first-order valence-corrected chi connectivity index (χ1v) is 8.51. The first-order chi connectivity index (χ1) is 11.4. The Morgan fingerprint density at radius 3 is 2.28 bits per heavy atom. The number of methoxy groups -OCH3 is 1. The average molecular weight is 370 g/mol. The van der Waals surface area contributed by atoms with E-state index in [2.05, 4.69) is 5.32 Å². The quantitative estimate of drug-likeness (QED) is 0.796. The van der Waals surface area contributed by atoms with Crippen LogP contribution < -0.4 is 15.5 Å². The van der Waals surface area contributed by atoms with Crippen LogP contribution in [0.25, 0.3) is 0 Å². The van der Waals surface area contributed by atoms with Crippen LogP contribution in [0.15, 0.2) is 6.07 Å². The molecular formula is C17H25BClNO5. The summed E-state index contributed by atoms with van der Waals surface area (Å²) in [7, 11) is 0.878. The average Bonchev–Trinajstić information content (AvgIpc) is 2.68. The predicted molar refractivity (Wildman–Crippen MR) is 98.0 cm³/mol. The molecule has 138 valence electrons. The van der Waals surface area contributed by atoms with E-state index in [0.29, 0.717) is 21.8 Å². The van der Waals surface area contributed by atoms with Gasteiger partial charge in [-0.05, 0) is 53.2 Å². The van der Waals surface area contributed by atoms with Crippen molar-refractivity contribution in [2.45, 2.75) is 58.8 Å². The summed E-state index contributed by atoms with van der Waals surface area (Å²) in [6.07, 6.45) is -1.12. The zero-order valence-corrected chi connectivity index (χ0v) is 16.4. The number of benzene rings is 1. The lowest BCUT2D eigenvalue weighted by atomic mass is 9.74. The normalized spacial score (nSPS) is 19.6. The molecule has 1 unspecified atom stereocenters. The Balaban J connectivity index is 2.58. The van der Waals surface area contributed by atoms with E-state index < -0.39 is 30.5 Å². The highest BCUT2D eigenvalue weighted by molar-refractivity contribution is 6.64. The molecule has 1 aromatic rings. The van der Waals surface area contributed by atoms with Crippen molar-refractivity contribution in [2.24, 2.45) is 0 Å². The van der Waals surface area contributed by atoms with Crippen LogP contribution >= 0.6 is 11.6 Å². The van der Waals surface area contributed by atoms with Crippen molar-refractivity contribution in [3.05, 3.63) is 22.2 Å². The van der Waals surface area contributed by atoms with Crippen molar-refractivity contribution in [1.82, 2.24) is 5.32 Å². The second kappa shape index (κ2) is 6.70. The van der Waals surface area contributed by atoms with Gasteiger partial charge in [0, 0.05) is 16.0 Å². The maximum absolute atomic E-state index is 11.0. The number of nitrogens with one attached hydrogen (secondary N) is 1. The number of amides is 1. The highest BCUT2D eigenvalue weighted by atomic mass is 35.5. The maximum Gasteiger partial charge on any atom is 0.499 e. The molecule has 1 aliphatic heterocycles. The predicted octanol–water partition coefficient (Wildman–Crippen LogP) is 3.28. The number of rotatable bonds is 4. The van der Waals surface area contributed by atoms with Gasteiger partial charge in [0.05, 0.1) is 24.4 Å². The fourth-order valence-electron chi connectivity index (χ4n) is 2.82. The van der Waals surface area contributed by atoms with Gasteiger partial charge in [-0.2, -0.15) is 0 Å². The van der Waals surface area contributed by atoms with Gasteiger partial charge in [-0.25, -0.2) is 4.79 Å². The minimum Gasteiger partial charge on any atom is -0.497 e. The van der Waals surface area contributed by atoms with E-state index in [1.807, 2.05) is 34.6 Å². The lowest BCUT2D eigenvalue weighted by Gasteiger charge is -2.32. The Kier molecular flexibility index (Phi) is 5.33. The fraction of sp³-hybridized carbons (Fsp3) is 0.588. The molecule has 0 bridgehead atoms. The van der Waals surface area contributed by atoms with Gasteiger partial charge in [0.2, 0.25) is 0 Å². The smallest absolute Gasteiger partial charge is 0.497 e. The molecule has 2 rings (SSSR count). The van der Waals surface area contributed by atoms with Crippen LogP contribution in [0.5, 0.6) is 5.75 Å². The van der Waals surface area contributed by atoms with E-state index in [1.54, 1.807) is 13.0 Å². The van der Waals surface area contributed by atoms with Gasteiger partial charge in [-0.1, -0.05) is 11.6 Å². The second-order valence-corrected chi connectivity index (χ2v) is 7.69. The van der Waals surface area contributed by atoms with Gasteiger partial charge in [-0.3, -0.25) is 0 Å². The van der Waals surface area contributed by atoms with Crippen LogP contribution in [0.2, 0.25) is 5.02 Å². The van der Waals surface area contributed by atoms with Crippen LogP contribution in [0, 0.1) is 6.92 Å². The monoisotopic (exact) mass is 369 g/mol. The van der Waals surface area contributed by atoms with Crippen LogP contribution in [-0.2, 0) is 9.31 Å².